The van der Waals surface area contributed by atoms with Gasteiger partial charge in [0, 0.05) is 44.8 Å². The van der Waals surface area contributed by atoms with Crippen LogP contribution in [0, 0.1) is 13.8 Å². The van der Waals surface area contributed by atoms with E-state index in [4.69, 9.17) is 4.52 Å². The topological polar surface area (TPSA) is 32.5 Å². The van der Waals surface area contributed by atoms with Crippen LogP contribution in [-0.2, 0) is 19.1 Å². The van der Waals surface area contributed by atoms with Crippen LogP contribution < -0.4 is 0 Å². The zero-order valence-electron chi connectivity index (χ0n) is 15.1. The highest BCUT2D eigenvalue weighted by atomic mass is 19.4. The monoisotopic (exact) mass is 367 g/mol. The molecule has 142 valence electrons. The fraction of sp³-hybridized carbons (Fsp3) is 0.526. The van der Waals surface area contributed by atoms with Crippen LogP contribution in [0.3, 0.4) is 0 Å². The van der Waals surface area contributed by atoms with Gasteiger partial charge < -0.3 is 9.42 Å². The molecule has 0 radical (unpaired) electrons. The Morgan fingerprint density at radius 2 is 1.69 bits per heavy atom. The third-order valence-electron chi connectivity index (χ3n) is 5.05. The number of nitrogens with zero attached hydrogens (tertiary/aromatic N) is 3. The molecule has 0 bridgehead atoms. The average Bonchev–Trinajstić information content (AvgIpc) is 2.92. The van der Waals surface area contributed by atoms with Gasteiger partial charge in [-0.1, -0.05) is 23.4 Å². The molecule has 4 nitrogen and oxygen atoms in total. The second kappa shape index (κ2) is 7.80. The van der Waals surface area contributed by atoms with Gasteiger partial charge in [-0.25, -0.2) is 0 Å². The second-order valence-corrected chi connectivity index (χ2v) is 6.83. The summed E-state index contributed by atoms with van der Waals surface area (Å²) in [6, 6.07) is 5.86. The Balaban J connectivity index is 1.51. The van der Waals surface area contributed by atoms with E-state index in [0.29, 0.717) is 18.5 Å². The number of aryl methyl sites for hydroxylation is 2. The molecule has 0 amide bonds. The lowest BCUT2D eigenvalue weighted by atomic mass is 10.0. The maximum absolute atomic E-state index is 13.1. The van der Waals surface area contributed by atoms with Gasteiger partial charge in [0.1, 0.15) is 5.76 Å². The highest BCUT2D eigenvalue weighted by Crippen LogP contribution is 2.32. The van der Waals surface area contributed by atoms with Gasteiger partial charge in [-0.3, -0.25) is 4.90 Å². The van der Waals surface area contributed by atoms with Crippen LogP contribution in [0.25, 0.3) is 0 Å². The quantitative estimate of drug-likeness (QED) is 0.807. The van der Waals surface area contributed by atoms with Gasteiger partial charge in [0.15, 0.2) is 0 Å². The van der Waals surface area contributed by atoms with Crippen molar-refractivity contribution in [1.82, 2.24) is 15.0 Å². The first-order chi connectivity index (χ1) is 12.3. The van der Waals surface area contributed by atoms with Gasteiger partial charge >= 0.3 is 6.18 Å². The largest absolute Gasteiger partial charge is 0.416 e. The molecule has 1 aromatic heterocycles. The first-order valence-electron chi connectivity index (χ1n) is 8.86. The summed E-state index contributed by atoms with van der Waals surface area (Å²) in [7, 11) is 0. The Labute approximate surface area is 151 Å². The molecule has 0 unspecified atom stereocenters. The van der Waals surface area contributed by atoms with Gasteiger partial charge in [-0.05, 0) is 31.9 Å². The van der Waals surface area contributed by atoms with Crippen molar-refractivity contribution in [2.45, 2.75) is 33.0 Å². The summed E-state index contributed by atoms with van der Waals surface area (Å²) in [6.45, 7) is 8.83. The Hall–Kier alpha value is -1.86. The minimum absolute atomic E-state index is 0.373. The van der Waals surface area contributed by atoms with Crippen molar-refractivity contribution in [2.24, 2.45) is 0 Å². The minimum atomic E-state index is -4.29. The van der Waals surface area contributed by atoms with E-state index in [1.807, 2.05) is 13.8 Å². The summed E-state index contributed by atoms with van der Waals surface area (Å²) >= 11 is 0. The molecule has 1 aliphatic rings. The summed E-state index contributed by atoms with van der Waals surface area (Å²) in [5, 5.41) is 3.98. The van der Waals surface area contributed by atoms with E-state index in [2.05, 4.69) is 15.0 Å². The van der Waals surface area contributed by atoms with Crippen molar-refractivity contribution in [3.8, 4) is 0 Å². The molecule has 0 saturated carbocycles. The average molecular weight is 367 g/mol. The summed E-state index contributed by atoms with van der Waals surface area (Å²) in [6.07, 6.45) is -3.87. The molecule has 2 heterocycles. The van der Waals surface area contributed by atoms with Crippen LogP contribution >= 0.6 is 0 Å². The van der Waals surface area contributed by atoms with E-state index in [1.165, 1.54) is 6.07 Å². The molecule has 0 spiro atoms. The molecule has 1 aliphatic heterocycles. The lowest BCUT2D eigenvalue weighted by Gasteiger charge is -2.34. The van der Waals surface area contributed by atoms with Gasteiger partial charge in [-0.15, -0.1) is 0 Å². The maximum Gasteiger partial charge on any atom is 0.416 e. The Morgan fingerprint density at radius 3 is 2.31 bits per heavy atom. The first kappa shape index (κ1) is 18.9. The van der Waals surface area contributed by atoms with E-state index in [-0.39, 0.29) is 0 Å². The van der Waals surface area contributed by atoms with Crippen LogP contribution in [0.4, 0.5) is 13.2 Å². The predicted molar refractivity (Wildman–Crippen MR) is 92.8 cm³/mol. The Morgan fingerprint density at radius 1 is 1.04 bits per heavy atom. The molecule has 0 atom stereocenters. The van der Waals surface area contributed by atoms with Crippen molar-refractivity contribution >= 4 is 0 Å². The van der Waals surface area contributed by atoms with Gasteiger partial charge in [0.25, 0.3) is 0 Å². The summed E-state index contributed by atoms with van der Waals surface area (Å²) < 4.78 is 44.4. The molecule has 0 aliphatic carbocycles. The van der Waals surface area contributed by atoms with Crippen LogP contribution in [0.2, 0.25) is 0 Å². The van der Waals surface area contributed by atoms with Crippen molar-refractivity contribution in [2.75, 3.05) is 32.7 Å². The number of hydrogen-bond acceptors (Lipinski definition) is 4. The fourth-order valence-corrected chi connectivity index (χ4v) is 3.42. The van der Waals surface area contributed by atoms with Gasteiger partial charge in [-0.2, -0.15) is 13.2 Å². The fourth-order valence-electron chi connectivity index (χ4n) is 3.42. The minimum Gasteiger partial charge on any atom is -0.361 e. The number of hydrogen-bond donors (Lipinski definition) is 0. The SMILES string of the molecule is Cc1noc(C)c1CN1CCN(CCc2ccccc2C(F)(F)F)CC1. The zero-order valence-corrected chi connectivity index (χ0v) is 15.1. The van der Waals surface area contributed by atoms with Gasteiger partial charge in [0.05, 0.1) is 11.3 Å². The van der Waals surface area contributed by atoms with E-state index in [1.54, 1.807) is 12.1 Å². The van der Waals surface area contributed by atoms with Crippen molar-refractivity contribution in [3.63, 3.8) is 0 Å². The molecular formula is C19H24F3N3O. The second-order valence-electron chi connectivity index (χ2n) is 6.83. The molecule has 1 saturated heterocycles. The Kier molecular flexibility index (Phi) is 5.67. The van der Waals surface area contributed by atoms with Crippen molar-refractivity contribution in [1.29, 1.82) is 0 Å². The highest BCUT2D eigenvalue weighted by molar-refractivity contribution is 5.29. The highest BCUT2D eigenvalue weighted by Gasteiger charge is 2.32. The van der Waals surface area contributed by atoms with E-state index in [9.17, 15) is 13.2 Å². The molecule has 3 rings (SSSR count). The normalized spacial score (nSPS) is 17.0. The lowest BCUT2D eigenvalue weighted by molar-refractivity contribution is -0.138. The molecule has 1 aromatic carbocycles. The summed E-state index contributed by atoms with van der Waals surface area (Å²) in [4.78, 5) is 4.57. The molecular weight excluding hydrogens is 343 g/mol. The van der Waals surface area contributed by atoms with E-state index in [0.717, 1.165) is 55.8 Å². The van der Waals surface area contributed by atoms with Gasteiger partial charge in [0.2, 0.25) is 0 Å². The molecule has 1 fully saturated rings. The zero-order chi connectivity index (χ0) is 18.7. The number of aromatic nitrogens is 1. The van der Waals surface area contributed by atoms with Crippen molar-refractivity contribution < 1.29 is 17.7 Å². The first-order valence-corrected chi connectivity index (χ1v) is 8.86. The summed E-state index contributed by atoms with van der Waals surface area (Å²) in [5.41, 5.74) is 1.92. The third kappa shape index (κ3) is 4.45. The number of rotatable bonds is 5. The molecule has 2 aromatic rings. The Bertz CT molecular complexity index is 714. The maximum atomic E-state index is 13.1. The predicted octanol–water partition coefficient (Wildman–Crippen LogP) is 3.67. The molecule has 7 heteroatoms. The summed E-state index contributed by atoms with van der Waals surface area (Å²) in [5.74, 6) is 0.855. The van der Waals surface area contributed by atoms with E-state index >= 15 is 0 Å². The number of halogens is 3. The molecule has 0 N–H and O–H groups in total. The standard InChI is InChI=1S/C19H24F3N3O/c1-14-17(15(2)26-23-14)13-25-11-9-24(10-12-25)8-7-16-5-3-4-6-18(16)19(20,21)22/h3-6H,7-13H2,1-2H3. The molecule has 26 heavy (non-hydrogen) atoms. The third-order valence-corrected chi connectivity index (χ3v) is 5.05. The number of benzene rings is 1. The number of alkyl halides is 3. The van der Waals surface area contributed by atoms with Crippen LogP contribution in [0.5, 0.6) is 0 Å². The number of piperazine rings is 1. The van der Waals surface area contributed by atoms with Crippen LogP contribution in [0.1, 0.15) is 28.1 Å². The van der Waals surface area contributed by atoms with Crippen LogP contribution in [0.15, 0.2) is 28.8 Å². The van der Waals surface area contributed by atoms with Crippen LogP contribution in [-0.4, -0.2) is 47.7 Å². The lowest BCUT2D eigenvalue weighted by Crippen LogP contribution is -2.46. The van der Waals surface area contributed by atoms with E-state index < -0.39 is 11.7 Å². The smallest absolute Gasteiger partial charge is 0.361 e. The van der Waals surface area contributed by atoms with Crippen molar-refractivity contribution in [3.05, 3.63) is 52.4 Å².